The Hall–Kier alpha value is -1.27. The molecular formula is C16H22ClF3N2O. The summed E-state index contributed by atoms with van der Waals surface area (Å²) < 4.78 is 38.4. The Labute approximate surface area is 140 Å². The lowest BCUT2D eigenvalue weighted by molar-refractivity contribution is -0.137. The van der Waals surface area contributed by atoms with Crippen LogP contribution in [0.4, 0.5) is 13.2 Å². The molecule has 0 bridgehead atoms. The third-order valence-corrected chi connectivity index (χ3v) is 4.15. The van der Waals surface area contributed by atoms with Crippen LogP contribution in [-0.2, 0) is 16.4 Å². The second-order valence-electron chi connectivity index (χ2n) is 6.21. The van der Waals surface area contributed by atoms with Gasteiger partial charge in [-0.15, -0.1) is 12.4 Å². The van der Waals surface area contributed by atoms with Crippen LogP contribution < -0.4 is 10.6 Å². The molecule has 1 aromatic rings. The van der Waals surface area contributed by atoms with Gasteiger partial charge in [0.25, 0.3) is 0 Å². The van der Waals surface area contributed by atoms with Gasteiger partial charge in [-0.25, -0.2) is 0 Å². The van der Waals surface area contributed by atoms with Gasteiger partial charge in [-0.2, -0.15) is 13.2 Å². The van der Waals surface area contributed by atoms with Gasteiger partial charge in [0.15, 0.2) is 0 Å². The fourth-order valence-electron chi connectivity index (χ4n) is 2.58. The Morgan fingerprint density at radius 2 is 1.96 bits per heavy atom. The summed E-state index contributed by atoms with van der Waals surface area (Å²) in [5.41, 5.74) is -1.39. The molecule has 1 heterocycles. The zero-order valence-corrected chi connectivity index (χ0v) is 14.0. The molecule has 0 saturated carbocycles. The number of rotatable bonds is 4. The molecule has 0 spiro atoms. The average molecular weight is 351 g/mol. The predicted molar refractivity (Wildman–Crippen MR) is 85.8 cm³/mol. The zero-order valence-electron chi connectivity index (χ0n) is 13.2. The first-order chi connectivity index (χ1) is 10.2. The molecule has 1 saturated heterocycles. The lowest BCUT2D eigenvalue weighted by atomic mass is 9.83. The van der Waals surface area contributed by atoms with Crippen LogP contribution in [0.1, 0.15) is 37.8 Å². The number of benzene rings is 1. The maximum atomic E-state index is 12.8. The van der Waals surface area contributed by atoms with E-state index in [0.717, 1.165) is 31.5 Å². The van der Waals surface area contributed by atoms with Gasteiger partial charge in [0, 0.05) is 12.6 Å². The fourth-order valence-corrected chi connectivity index (χ4v) is 2.58. The molecule has 0 aromatic heterocycles. The Kier molecular flexibility index (Phi) is 6.48. The highest BCUT2D eigenvalue weighted by molar-refractivity contribution is 5.87. The van der Waals surface area contributed by atoms with Crippen molar-refractivity contribution < 1.29 is 18.0 Å². The Morgan fingerprint density at radius 1 is 1.30 bits per heavy atom. The lowest BCUT2D eigenvalue weighted by Gasteiger charge is -2.26. The first-order valence-corrected chi connectivity index (χ1v) is 7.40. The maximum absolute atomic E-state index is 12.8. The molecule has 23 heavy (non-hydrogen) atoms. The van der Waals surface area contributed by atoms with Crippen LogP contribution in [0, 0.1) is 0 Å². The van der Waals surface area contributed by atoms with Gasteiger partial charge in [-0.1, -0.05) is 18.2 Å². The normalized spacial score (nSPS) is 18.4. The summed E-state index contributed by atoms with van der Waals surface area (Å²) in [6, 6.07) is 5.21. The van der Waals surface area contributed by atoms with E-state index in [1.807, 2.05) is 0 Å². The second kappa shape index (κ2) is 7.53. The number of alkyl halides is 3. The third kappa shape index (κ3) is 4.85. The third-order valence-electron chi connectivity index (χ3n) is 4.15. The highest BCUT2D eigenvalue weighted by Gasteiger charge is 2.35. The van der Waals surface area contributed by atoms with Crippen LogP contribution in [0.2, 0.25) is 0 Å². The highest BCUT2D eigenvalue weighted by atomic mass is 35.5. The van der Waals surface area contributed by atoms with Crippen LogP contribution in [0.25, 0.3) is 0 Å². The Balaban J connectivity index is 0.00000264. The van der Waals surface area contributed by atoms with Crippen LogP contribution in [0.15, 0.2) is 24.3 Å². The monoisotopic (exact) mass is 350 g/mol. The number of carbonyl (C=O) groups is 1. The molecule has 1 fully saturated rings. The maximum Gasteiger partial charge on any atom is 0.416 e. The molecule has 7 heteroatoms. The van der Waals surface area contributed by atoms with E-state index < -0.39 is 17.2 Å². The van der Waals surface area contributed by atoms with Crippen molar-refractivity contribution in [2.75, 3.05) is 13.1 Å². The summed E-state index contributed by atoms with van der Waals surface area (Å²) in [5, 5.41) is 6.11. The molecule has 1 unspecified atom stereocenters. The van der Waals surface area contributed by atoms with Gasteiger partial charge in [0.1, 0.15) is 0 Å². The number of carbonyl (C=O) groups excluding carboxylic acids is 1. The molecule has 1 aromatic carbocycles. The molecule has 1 aliphatic heterocycles. The van der Waals surface area contributed by atoms with Gasteiger partial charge in [0.05, 0.1) is 11.0 Å². The number of hydrogen-bond donors (Lipinski definition) is 2. The molecule has 2 rings (SSSR count). The van der Waals surface area contributed by atoms with Crippen molar-refractivity contribution in [2.45, 2.75) is 44.3 Å². The molecular weight excluding hydrogens is 329 g/mol. The molecule has 3 nitrogen and oxygen atoms in total. The van der Waals surface area contributed by atoms with E-state index >= 15 is 0 Å². The molecule has 130 valence electrons. The second-order valence-corrected chi connectivity index (χ2v) is 6.21. The van der Waals surface area contributed by atoms with Gasteiger partial charge in [-0.3, -0.25) is 4.79 Å². The molecule has 1 aliphatic rings. The number of amides is 1. The van der Waals surface area contributed by atoms with Crippen molar-refractivity contribution in [1.29, 1.82) is 0 Å². The number of halogens is 4. The van der Waals surface area contributed by atoms with E-state index in [0.29, 0.717) is 12.1 Å². The summed E-state index contributed by atoms with van der Waals surface area (Å²) in [6.07, 6.45) is -2.32. The number of hydrogen-bond acceptors (Lipinski definition) is 2. The van der Waals surface area contributed by atoms with Crippen LogP contribution in [0.5, 0.6) is 0 Å². The van der Waals surface area contributed by atoms with Crippen molar-refractivity contribution in [2.24, 2.45) is 0 Å². The van der Waals surface area contributed by atoms with E-state index in [1.54, 1.807) is 19.9 Å². The van der Waals surface area contributed by atoms with Crippen molar-refractivity contribution in [1.82, 2.24) is 10.6 Å². The van der Waals surface area contributed by atoms with Crippen molar-refractivity contribution in [3.05, 3.63) is 35.4 Å². The topological polar surface area (TPSA) is 41.1 Å². The van der Waals surface area contributed by atoms with Crippen molar-refractivity contribution in [3.63, 3.8) is 0 Å². The minimum atomic E-state index is -4.41. The zero-order chi connectivity index (χ0) is 16.4. The molecule has 2 N–H and O–H groups in total. The van der Waals surface area contributed by atoms with Crippen molar-refractivity contribution in [3.8, 4) is 0 Å². The summed E-state index contributed by atoms with van der Waals surface area (Å²) >= 11 is 0. The fraction of sp³-hybridized carbons (Fsp3) is 0.562. The quantitative estimate of drug-likeness (QED) is 0.875. The van der Waals surface area contributed by atoms with Gasteiger partial charge < -0.3 is 10.6 Å². The van der Waals surface area contributed by atoms with Gasteiger partial charge >= 0.3 is 6.18 Å². The lowest BCUT2D eigenvalue weighted by Crippen LogP contribution is -2.45. The molecule has 1 amide bonds. The smallest absolute Gasteiger partial charge is 0.354 e. The average Bonchev–Trinajstić information content (AvgIpc) is 2.97. The summed E-state index contributed by atoms with van der Waals surface area (Å²) in [7, 11) is 0. The Morgan fingerprint density at radius 3 is 2.52 bits per heavy atom. The van der Waals surface area contributed by atoms with E-state index in [1.165, 1.54) is 6.07 Å². The summed E-state index contributed by atoms with van der Waals surface area (Å²) in [4.78, 5) is 12.4. The van der Waals surface area contributed by atoms with Crippen LogP contribution in [0.3, 0.4) is 0 Å². The van der Waals surface area contributed by atoms with E-state index in [9.17, 15) is 18.0 Å². The molecule has 0 aliphatic carbocycles. The van der Waals surface area contributed by atoms with E-state index in [4.69, 9.17) is 0 Å². The SMILES string of the molecule is CC(C)(C(=O)NCC1CCCN1)c1cccc(C(F)(F)F)c1.Cl. The predicted octanol–water partition coefficient (Wildman–Crippen LogP) is 3.27. The largest absolute Gasteiger partial charge is 0.416 e. The Bertz CT molecular complexity index is 540. The van der Waals surface area contributed by atoms with E-state index in [2.05, 4.69) is 10.6 Å². The molecule has 1 atom stereocenters. The van der Waals surface area contributed by atoms with Crippen molar-refractivity contribution >= 4 is 18.3 Å². The van der Waals surface area contributed by atoms with E-state index in [-0.39, 0.29) is 24.4 Å². The van der Waals surface area contributed by atoms with Crippen LogP contribution in [-0.4, -0.2) is 25.0 Å². The van der Waals surface area contributed by atoms with Gasteiger partial charge in [-0.05, 0) is 44.9 Å². The first-order valence-electron chi connectivity index (χ1n) is 7.40. The summed E-state index contributed by atoms with van der Waals surface area (Å²) in [5.74, 6) is -0.263. The first kappa shape index (κ1) is 19.8. The summed E-state index contributed by atoms with van der Waals surface area (Å²) in [6.45, 7) is 4.72. The standard InChI is InChI=1S/C16H21F3N2O.ClH/c1-15(2,14(22)21-10-13-7-4-8-20-13)11-5-3-6-12(9-11)16(17,18)19;/h3,5-6,9,13,20H,4,7-8,10H2,1-2H3,(H,21,22);1H. The minimum Gasteiger partial charge on any atom is -0.354 e. The number of nitrogens with one attached hydrogen (secondary N) is 2. The molecule has 0 radical (unpaired) electrons. The van der Waals surface area contributed by atoms with Gasteiger partial charge in [0.2, 0.25) is 5.91 Å². The minimum absolute atomic E-state index is 0. The highest BCUT2D eigenvalue weighted by Crippen LogP contribution is 2.32. The van der Waals surface area contributed by atoms with Crippen LogP contribution >= 0.6 is 12.4 Å².